The van der Waals surface area contributed by atoms with E-state index in [0.717, 1.165) is 61.8 Å². The first kappa shape index (κ1) is 25.2. The predicted octanol–water partition coefficient (Wildman–Crippen LogP) is 5.16. The van der Waals surface area contributed by atoms with Gasteiger partial charge < -0.3 is 19.6 Å². The number of pyridine rings is 1. The van der Waals surface area contributed by atoms with Gasteiger partial charge in [0, 0.05) is 44.8 Å². The lowest BCUT2D eigenvalue weighted by Gasteiger charge is -2.35. The van der Waals surface area contributed by atoms with E-state index in [-0.39, 0.29) is 37.0 Å². The maximum atomic E-state index is 9.94. The average molecular weight is 497 g/mol. The summed E-state index contributed by atoms with van der Waals surface area (Å²) in [6, 6.07) is 12.9. The highest BCUT2D eigenvalue weighted by Gasteiger charge is 2.23. The molecule has 32 heavy (non-hydrogen) atoms. The second-order valence-electron chi connectivity index (χ2n) is 8.25. The van der Waals surface area contributed by atoms with Gasteiger partial charge in [-0.05, 0) is 41.4 Å². The highest BCUT2D eigenvalue weighted by atomic mass is 35.5. The van der Waals surface area contributed by atoms with Crippen LogP contribution in [0.3, 0.4) is 0 Å². The zero-order valence-corrected chi connectivity index (χ0v) is 20.7. The minimum absolute atomic E-state index is 0. The smallest absolute Gasteiger partial charge is 0.147 e. The van der Waals surface area contributed by atoms with Gasteiger partial charge in [0.1, 0.15) is 5.82 Å². The first-order chi connectivity index (χ1) is 14.7. The first-order valence-corrected chi connectivity index (χ1v) is 11.8. The van der Waals surface area contributed by atoms with Crippen molar-refractivity contribution in [3.8, 4) is 11.3 Å². The lowest BCUT2D eigenvalue weighted by molar-refractivity contribution is -0.0447. The third-order valence-electron chi connectivity index (χ3n) is 6.37. The molecule has 0 amide bonds. The third kappa shape index (κ3) is 5.22. The van der Waals surface area contributed by atoms with Crippen molar-refractivity contribution in [2.45, 2.75) is 32.0 Å². The molecule has 174 valence electrons. The van der Waals surface area contributed by atoms with E-state index in [1.54, 1.807) is 11.3 Å². The number of anilines is 1. The Morgan fingerprint density at radius 1 is 1.09 bits per heavy atom. The lowest BCUT2D eigenvalue weighted by atomic mass is 9.98. The number of aliphatic hydroxyl groups is 1. The standard InChI is InChI=1S/C24H29N3O2S.2ClH/c1-2-26-9-11-27(12-10-26)24-23-19(8-14-30-23)15-21(25-24)17-3-5-18(6-4-17)22-16-20(28)7-13-29-22;;/h3-6,8,14-15,20,22,28H,2,7,9-13,16H2,1H3;2*1H/t20-,22?;;/m0../s1. The number of piperazine rings is 1. The van der Waals surface area contributed by atoms with Crippen LogP contribution in [0.2, 0.25) is 0 Å². The van der Waals surface area contributed by atoms with E-state index >= 15 is 0 Å². The van der Waals surface area contributed by atoms with E-state index in [2.05, 4.69) is 58.5 Å². The molecule has 8 heteroatoms. The SMILES string of the molecule is CCN1CCN(c2nc(-c3ccc(C4C[C@@H](O)CCO4)cc3)cc3ccsc23)CC1.Cl.Cl. The molecular formula is C24H31Cl2N3O2S. The molecule has 0 radical (unpaired) electrons. The fourth-order valence-electron chi connectivity index (χ4n) is 4.48. The Labute approximate surface area is 206 Å². The van der Waals surface area contributed by atoms with E-state index in [1.807, 2.05) is 0 Å². The van der Waals surface area contributed by atoms with Crippen LogP contribution >= 0.6 is 36.2 Å². The van der Waals surface area contributed by atoms with Gasteiger partial charge >= 0.3 is 0 Å². The summed E-state index contributed by atoms with van der Waals surface area (Å²) in [5.41, 5.74) is 3.27. The van der Waals surface area contributed by atoms with Crippen LogP contribution < -0.4 is 4.90 Å². The van der Waals surface area contributed by atoms with Crippen LogP contribution in [0.5, 0.6) is 0 Å². The summed E-state index contributed by atoms with van der Waals surface area (Å²) in [6.45, 7) is 8.21. The molecule has 0 spiro atoms. The van der Waals surface area contributed by atoms with Crippen molar-refractivity contribution < 1.29 is 9.84 Å². The Bertz CT molecular complexity index is 1010. The predicted molar refractivity (Wildman–Crippen MR) is 138 cm³/mol. The third-order valence-corrected chi connectivity index (χ3v) is 7.30. The summed E-state index contributed by atoms with van der Waals surface area (Å²) in [4.78, 5) is 10.1. The van der Waals surface area contributed by atoms with Crippen molar-refractivity contribution in [1.82, 2.24) is 9.88 Å². The van der Waals surface area contributed by atoms with Gasteiger partial charge in [0.2, 0.25) is 0 Å². The molecule has 0 saturated carbocycles. The molecule has 2 aromatic heterocycles. The monoisotopic (exact) mass is 495 g/mol. The van der Waals surface area contributed by atoms with Crippen LogP contribution in [0.15, 0.2) is 41.8 Å². The van der Waals surface area contributed by atoms with Gasteiger partial charge in [0.15, 0.2) is 0 Å². The quantitative estimate of drug-likeness (QED) is 0.541. The average Bonchev–Trinajstić information content (AvgIpc) is 3.27. The van der Waals surface area contributed by atoms with Gasteiger partial charge in [-0.15, -0.1) is 36.2 Å². The Morgan fingerprint density at radius 2 is 1.84 bits per heavy atom. The normalized spacial score (nSPS) is 21.8. The summed E-state index contributed by atoms with van der Waals surface area (Å²) in [7, 11) is 0. The van der Waals surface area contributed by atoms with E-state index in [4.69, 9.17) is 9.72 Å². The number of nitrogens with zero attached hydrogens (tertiary/aromatic N) is 3. The van der Waals surface area contributed by atoms with Crippen LogP contribution in [0.25, 0.3) is 21.3 Å². The van der Waals surface area contributed by atoms with Gasteiger partial charge in [0.25, 0.3) is 0 Å². The number of thiophene rings is 1. The van der Waals surface area contributed by atoms with Gasteiger partial charge in [-0.1, -0.05) is 31.2 Å². The zero-order chi connectivity index (χ0) is 20.5. The fraction of sp³-hybridized carbons (Fsp3) is 0.458. The summed E-state index contributed by atoms with van der Waals surface area (Å²) >= 11 is 1.78. The van der Waals surface area contributed by atoms with Crippen molar-refractivity contribution in [3.63, 3.8) is 0 Å². The minimum Gasteiger partial charge on any atom is -0.393 e. The number of ether oxygens (including phenoxy) is 1. The minimum atomic E-state index is -0.262. The molecule has 5 nitrogen and oxygen atoms in total. The molecule has 5 rings (SSSR count). The van der Waals surface area contributed by atoms with Crippen molar-refractivity contribution >= 4 is 52.1 Å². The maximum absolute atomic E-state index is 9.94. The van der Waals surface area contributed by atoms with E-state index in [0.29, 0.717) is 13.0 Å². The number of benzene rings is 1. The number of hydrogen-bond acceptors (Lipinski definition) is 6. The number of hydrogen-bond donors (Lipinski definition) is 1. The summed E-state index contributed by atoms with van der Waals surface area (Å²) in [6.07, 6.45) is 1.13. The molecule has 2 atom stereocenters. The molecule has 4 heterocycles. The summed E-state index contributed by atoms with van der Waals surface area (Å²) in [5.74, 6) is 1.12. The van der Waals surface area contributed by atoms with Crippen molar-refractivity contribution in [2.75, 3.05) is 44.2 Å². The Morgan fingerprint density at radius 3 is 2.53 bits per heavy atom. The van der Waals surface area contributed by atoms with Crippen LogP contribution in [0.1, 0.15) is 31.4 Å². The molecule has 0 aliphatic carbocycles. The Hall–Kier alpha value is -1.41. The zero-order valence-electron chi connectivity index (χ0n) is 18.3. The molecular weight excluding hydrogens is 465 g/mol. The fourth-order valence-corrected chi connectivity index (χ4v) is 5.37. The van der Waals surface area contributed by atoms with Crippen molar-refractivity contribution in [3.05, 3.63) is 47.3 Å². The Kier molecular flexibility index (Phi) is 8.78. The van der Waals surface area contributed by atoms with Crippen LogP contribution in [0, 0.1) is 0 Å². The summed E-state index contributed by atoms with van der Waals surface area (Å²) in [5, 5.41) is 13.4. The van der Waals surface area contributed by atoms with E-state index in [1.165, 1.54) is 10.1 Å². The maximum Gasteiger partial charge on any atom is 0.147 e. The molecule has 2 aliphatic heterocycles. The van der Waals surface area contributed by atoms with Gasteiger partial charge in [-0.2, -0.15) is 0 Å². The van der Waals surface area contributed by atoms with Crippen LogP contribution in [-0.2, 0) is 4.74 Å². The van der Waals surface area contributed by atoms with E-state index in [9.17, 15) is 5.11 Å². The molecule has 1 unspecified atom stereocenters. The molecule has 1 N–H and O–H groups in total. The number of aromatic nitrogens is 1. The molecule has 3 aromatic rings. The molecule has 0 bridgehead atoms. The largest absolute Gasteiger partial charge is 0.393 e. The molecule has 1 aromatic carbocycles. The molecule has 2 saturated heterocycles. The topological polar surface area (TPSA) is 48.8 Å². The first-order valence-electron chi connectivity index (χ1n) is 11.0. The highest BCUT2D eigenvalue weighted by Crippen LogP contribution is 2.35. The van der Waals surface area contributed by atoms with Gasteiger partial charge in [-0.25, -0.2) is 4.98 Å². The Balaban J connectivity index is 0.00000144. The van der Waals surface area contributed by atoms with Crippen molar-refractivity contribution in [2.24, 2.45) is 0 Å². The molecule has 2 fully saturated rings. The second kappa shape index (κ2) is 11.1. The number of aliphatic hydroxyl groups excluding tert-OH is 1. The second-order valence-corrected chi connectivity index (χ2v) is 9.17. The summed E-state index contributed by atoms with van der Waals surface area (Å²) < 4.78 is 7.14. The number of halogens is 2. The van der Waals surface area contributed by atoms with Crippen molar-refractivity contribution in [1.29, 1.82) is 0 Å². The molecule has 2 aliphatic rings. The number of likely N-dealkylation sites (N-methyl/N-ethyl adjacent to an activating group) is 1. The number of rotatable bonds is 4. The lowest BCUT2D eigenvalue weighted by Crippen LogP contribution is -2.46. The van der Waals surface area contributed by atoms with Gasteiger partial charge in [0.05, 0.1) is 22.6 Å². The number of fused-ring (bicyclic) bond motifs is 1. The van der Waals surface area contributed by atoms with E-state index < -0.39 is 0 Å². The van der Waals surface area contributed by atoms with Gasteiger partial charge in [-0.3, -0.25) is 0 Å². The highest BCUT2D eigenvalue weighted by molar-refractivity contribution is 7.17. The van der Waals surface area contributed by atoms with Crippen LogP contribution in [-0.4, -0.2) is 60.4 Å². The van der Waals surface area contributed by atoms with Crippen LogP contribution in [0.4, 0.5) is 5.82 Å².